The first-order valence-corrected chi connectivity index (χ1v) is 14.9. The Morgan fingerprint density at radius 1 is 1.31 bits per heavy atom. The van der Waals surface area contributed by atoms with Crippen LogP contribution in [0.15, 0.2) is 31.0 Å². The summed E-state index contributed by atoms with van der Waals surface area (Å²) in [5.74, 6) is 4.41. The number of likely N-dealkylation sites (N-methyl/N-ethyl adjacent to an activating group) is 2. The zero-order valence-electron chi connectivity index (χ0n) is 23.2. The lowest BCUT2D eigenvalue weighted by Crippen LogP contribution is -2.43. The lowest BCUT2D eigenvalue weighted by Gasteiger charge is -2.33. The normalized spacial score (nSPS) is 17.3. The van der Waals surface area contributed by atoms with Gasteiger partial charge in [-0.25, -0.2) is 9.29 Å². The van der Waals surface area contributed by atoms with Crippen LogP contribution < -0.4 is 25.0 Å². The third kappa shape index (κ3) is 8.46. The fraction of sp³-hybridized carbons (Fsp3) is 0.462. The second kappa shape index (κ2) is 13.3. The van der Waals surface area contributed by atoms with Crippen molar-refractivity contribution in [2.24, 2.45) is 0 Å². The molecule has 0 spiro atoms. The number of nitrogens with one attached hydrogen (secondary N) is 2. The number of amides is 1. The van der Waals surface area contributed by atoms with Crippen molar-refractivity contribution in [3.8, 4) is 11.6 Å². The maximum atomic E-state index is 12.4. The molecule has 3 rings (SSSR count). The van der Waals surface area contributed by atoms with Crippen molar-refractivity contribution < 1.29 is 18.5 Å². The molecule has 2 N–H and O–H groups in total. The average molecular weight is 580 g/mol. The number of carbonyl (C=O) groups excluding carboxylic acids is 1. The highest BCUT2D eigenvalue weighted by molar-refractivity contribution is 7.97. The average Bonchev–Trinajstić information content (AvgIpc) is 2.89. The van der Waals surface area contributed by atoms with Crippen molar-refractivity contribution in [2.75, 3.05) is 76.2 Å². The molecule has 1 fully saturated rings. The molecule has 0 saturated carbocycles. The van der Waals surface area contributed by atoms with Crippen LogP contribution in [-0.4, -0.2) is 102 Å². The van der Waals surface area contributed by atoms with E-state index in [0.29, 0.717) is 30.2 Å². The number of ether oxygens (including phenoxy) is 2. The molecule has 13 heteroatoms. The molecule has 1 amide bonds. The van der Waals surface area contributed by atoms with E-state index in [1.807, 2.05) is 36.4 Å². The number of methoxy groups -OCH3 is 1. The maximum Gasteiger partial charge on any atom is 0.247 e. The second-order valence-corrected chi connectivity index (χ2v) is 12.5. The van der Waals surface area contributed by atoms with Gasteiger partial charge >= 0.3 is 0 Å². The monoisotopic (exact) mass is 579 g/mol. The van der Waals surface area contributed by atoms with Crippen molar-refractivity contribution >= 4 is 56.1 Å². The number of halogens is 1. The first-order valence-electron chi connectivity index (χ1n) is 12.5. The molecular weight excluding hydrogens is 542 g/mol. The topological polar surface area (TPSA) is 112 Å². The summed E-state index contributed by atoms with van der Waals surface area (Å²) in [6.45, 7) is 6.26. The summed E-state index contributed by atoms with van der Waals surface area (Å²) in [6.07, 6.45) is 5.65. The summed E-state index contributed by atoms with van der Waals surface area (Å²) < 4.78 is 26.0. The number of hydrogen-bond acceptors (Lipinski definition) is 9. The minimum Gasteiger partial charge on any atom is -0.494 e. The molecule has 0 radical (unpaired) electrons. The van der Waals surface area contributed by atoms with Crippen LogP contribution in [0.4, 0.5) is 23.0 Å². The Bertz CT molecular complexity index is 1290. The van der Waals surface area contributed by atoms with Crippen LogP contribution in [0.5, 0.6) is 11.6 Å². The number of carbonyl (C=O) groups is 1. The van der Waals surface area contributed by atoms with Gasteiger partial charge in [0.15, 0.2) is 0 Å². The lowest BCUT2D eigenvalue weighted by atomic mass is 10.1. The largest absolute Gasteiger partial charge is 0.494 e. The van der Waals surface area contributed by atoms with Crippen LogP contribution in [0, 0.1) is 0 Å². The highest BCUT2D eigenvalue weighted by Crippen LogP contribution is 2.38. The third-order valence-corrected chi connectivity index (χ3v) is 7.86. The van der Waals surface area contributed by atoms with Gasteiger partial charge in [-0.2, -0.15) is 4.98 Å². The summed E-state index contributed by atoms with van der Waals surface area (Å²) in [5.41, 5.74) is 1.87. The van der Waals surface area contributed by atoms with E-state index >= 15 is 0 Å². The van der Waals surface area contributed by atoms with Crippen molar-refractivity contribution in [2.45, 2.75) is 18.9 Å². The summed E-state index contributed by atoms with van der Waals surface area (Å²) in [7, 11) is 5.17. The fourth-order valence-corrected chi connectivity index (χ4v) is 5.16. The molecule has 1 aromatic carbocycles. The van der Waals surface area contributed by atoms with E-state index < -0.39 is 9.71 Å². The second-order valence-electron chi connectivity index (χ2n) is 9.69. The van der Waals surface area contributed by atoms with Crippen molar-refractivity contribution in [3.63, 3.8) is 0 Å². The Balaban J connectivity index is 1.89. The minimum absolute atomic E-state index is 0.215. The molecule has 11 nitrogen and oxygen atoms in total. The molecule has 1 aromatic heterocycles. The Kier molecular flexibility index (Phi) is 10.4. The van der Waals surface area contributed by atoms with E-state index in [2.05, 4.69) is 38.0 Å². The standard InChI is InChI=1S/C26H38ClN7O4S/c1-8-24(35)29-20-14-21(23(37-5)15-22(20)33(4)13-12-32(2)3)30-26-28-16-19(27)25(31-26)38-18-10-9-11-34(17-18)39(6,7)36/h8,14-16,18H,1,6,9-13,17H2,2-5,7H3,(H,29,35)(H,28,30,31). The molecule has 39 heavy (non-hydrogen) atoms. The van der Waals surface area contributed by atoms with Crippen LogP contribution in [0.1, 0.15) is 12.8 Å². The number of nitrogens with zero attached hydrogens (tertiary/aromatic N) is 5. The maximum absolute atomic E-state index is 12.4. The fourth-order valence-electron chi connectivity index (χ4n) is 4.03. The molecular formula is C26H38ClN7O4S. The number of hydrogen-bond donors (Lipinski definition) is 2. The summed E-state index contributed by atoms with van der Waals surface area (Å²) in [6, 6.07) is 3.59. The van der Waals surface area contributed by atoms with Gasteiger partial charge in [0, 0.05) is 55.3 Å². The van der Waals surface area contributed by atoms with Gasteiger partial charge in [0.05, 0.1) is 30.4 Å². The first-order chi connectivity index (χ1) is 18.4. The number of aromatic nitrogens is 2. The molecule has 2 atom stereocenters. The smallest absolute Gasteiger partial charge is 0.247 e. The number of piperidine rings is 1. The van der Waals surface area contributed by atoms with Gasteiger partial charge in [-0.15, -0.1) is 0 Å². The van der Waals surface area contributed by atoms with Gasteiger partial charge in [0.25, 0.3) is 0 Å². The Morgan fingerprint density at radius 3 is 2.69 bits per heavy atom. The molecule has 214 valence electrons. The quantitative estimate of drug-likeness (QED) is 0.289. The van der Waals surface area contributed by atoms with Gasteiger partial charge in [0.1, 0.15) is 16.9 Å². The van der Waals surface area contributed by atoms with Gasteiger partial charge in [-0.3, -0.25) is 9.00 Å². The summed E-state index contributed by atoms with van der Waals surface area (Å²) in [4.78, 5) is 25.1. The molecule has 0 aliphatic carbocycles. The van der Waals surface area contributed by atoms with E-state index in [1.54, 1.807) is 19.4 Å². The van der Waals surface area contributed by atoms with E-state index in [0.717, 1.165) is 31.6 Å². The van der Waals surface area contributed by atoms with E-state index in [4.69, 9.17) is 21.1 Å². The Hall–Kier alpha value is -3.06. The van der Waals surface area contributed by atoms with Crippen LogP contribution in [-0.2, 0) is 14.5 Å². The highest BCUT2D eigenvalue weighted by atomic mass is 35.5. The predicted molar refractivity (Wildman–Crippen MR) is 160 cm³/mol. The van der Waals surface area contributed by atoms with E-state index in [9.17, 15) is 9.00 Å². The van der Waals surface area contributed by atoms with E-state index in [1.165, 1.54) is 12.3 Å². The minimum atomic E-state index is -2.33. The van der Waals surface area contributed by atoms with Crippen molar-refractivity contribution in [1.82, 2.24) is 19.2 Å². The molecule has 0 bridgehead atoms. The number of rotatable bonds is 12. The van der Waals surface area contributed by atoms with Crippen LogP contribution >= 0.6 is 11.6 Å². The zero-order valence-corrected chi connectivity index (χ0v) is 24.8. The van der Waals surface area contributed by atoms with E-state index in [-0.39, 0.29) is 28.9 Å². The predicted octanol–water partition coefficient (Wildman–Crippen LogP) is 3.11. The summed E-state index contributed by atoms with van der Waals surface area (Å²) >= 11 is 6.36. The van der Waals surface area contributed by atoms with Crippen molar-refractivity contribution in [1.29, 1.82) is 0 Å². The summed E-state index contributed by atoms with van der Waals surface area (Å²) in [5, 5.41) is 6.28. The Morgan fingerprint density at radius 2 is 2.05 bits per heavy atom. The van der Waals surface area contributed by atoms with Gasteiger partial charge < -0.3 is 29.9 Å². The molecule has 2 heterocycles. The van der Waals surface area contributed by atoms with Gasteiger partial charge in [0.2, 0.25) is 17.7 Å². The molecule has 1 aliphatic rings. The van der Waals surface area contributed by atoms with Gasteiger partial charge in [-0.1, -0.05) is 18.2 Å². The highest BCUT2D eigenvalue weighted by Gasteiger charge is 2.26. The third-order valence-electron chi connectivity index (χ3n) is 6.18. The van der Waals surface area contributed by atoms with Crippen molar-refractivity contribution in [3.05, 3.63) is 36.0 Å². The number of benzene rings is 1. The van der Waals surface area contributed by atoms with Gasteiger partial charge in [-0.05, 0) is 44.9 Å². The molecule has 2 unspecified atom stereocenters. The molecule has 2 aromatic rings. The van der Waals surface area contributed by atoms with Crippen LogP contribution in [0.2, 0.25) is 5.02 Å². The molecule has 1 aliphatic heterocycles. The lowest BCUT2D eigenvalue weighted by molar-refractivity contribution is -0.111. The first kappa shape index (κ1) is 30.5. The molecule has 1 saturated heterocycles. The zero-order chi connectivity index (χ0) is 28.7. The van der Waals surface area contributed by atoms with Crippen LogP contribution in [0.25, 0.3) is 0 Å². The number of anilines is 4. The SMILES string of the molecule is C=CC(=O)Nc1cc(Nc2ncc(Cl)c(OC3CCCN(S(=C)(C)=O)C3)n2)c(OC)cc1N(C)CCN(C)C. The Labute approximate surface area is 236 Å². The van der Waals surface area contributed by atoms with Crippen LogP contribution in [0.3, 0.4) is 0 Å².